The quantitative estimate of drug-likeness (QED) is 0.770. The van der Waals surface area contributed by atoms with Gasteiger partial charge in [0.05, 0.1) is 13.2 Å². The van der Waals surface area contributed by atoms with Gasteiger partial charge in [-0.3, -0.25) is 0 Å². The molecule has 0 aromatic heterocycles. The summed E-state index contributed by atoms with van der Waals surface area (Å²) < 4.78 is 11.5. The van der Waals surface area contributed by atoms with E-state index in [1.807, 2.05) is 23.9 Å². The van der Waals surface area contributed by atoms with Gasteiger partial charge in [0.15, 0.2) is 11.5 Å². The van der Waals surface area contributed by atoms with Crippen LogP contribution in [0.3, 0.4) is 0 Å². The summed E-state index contributed by atoms with van der Waals surface area (Å²) in [5.74, 6) is 2.79. The molecule has 1 aliphatic rings. The van der Waals surface area contributed by atoms with E-state index in [1.54, 1.807) is 7.11 Å². The van der Waals surface area contributed by atoms with Gasteiger partial charge in [-0.15, -0.1) is 0 Å². The third kappa shape index (κ3) is 4.23. The van der Waals surface area contributed by atoms with Crippen LogP contribution < -0.4 is 14.8 Å². The second-order valence-corrected chi connectivity index (χ2v) is 5.80. The predicted molar refractivity (Wildman–Crippen MR) is 82.7 cm³/mol. The molecule has 0 aliphatic heterocycles. The highest BCUT2D eigenvalue weighted by Gasteiger charge is 2.18. The lowest BCUT2D eigenvalue weighted by Crippen LogP contribution is -2.12. The highest BCUT2D eigenvalue weighted by atomic mass is 32.2. The third-order valence-electron chi connectivity index (χ3n) is 3.39. The molecule has 0 amide bonds. The van der Waals surface area contributed by atoms with Crippen molar-refractivity contribution in [3.8, 4) is 11.5 Å². The molecule has 0 unspecified atom stereocenters. The molecule has 2 rings (SSSR count). The summed E-state index contributed by atoms with van der Waals surface area (Å²) in [6.45, 7) is 0.969. The van der Waals surface area contributed by atoms with E-state index in [2.05, 4.69) is 17.6 Å². The first-order valence-corrected chi connectivity index (χ1v) is 8.30. The van der Waals surface area contributed by atoms with Gasteiger partial charge in [-0.05, 0) is 44.1 Å². The fraction of sp³-hybridized carbons (Fsp3) is 0.600. The Morgan fingerprint density at radius 2 is 2.05 bits per heavy atom. The Bertz CT molecular complexity index is 392. The maximum Gasteiger partial charge on any atom is 0.163 e. The summed E-state index contributed by atoms with van der Waals surface area (Å²) in [7, 11) is 1.69. The number of ether oxygens (including phenoxy) is 2. The maximum absolute atomic E-state index is 6.07. The van der Waals surface area contributed by atoms with Crippen LogP contribution in [0.2, 0.25) is 0 Å². The largest absolute Gasteiger partial charge is 0.493 e. The van der Waals surface area contributed by atoms with Crippen molar-refractivity contribution < 1.29 is 9.47 Å². The SMILES string of the molecule is COc1ccc(NCCSC)cc1OC1CCCC1. The van der Waals surface area contributed by atoms with Crippen molar-refractivity contribution >= 4 is 17.4 Å². The van der Waals surface area contributed by atoms with Crippen molar-refractivity contribution in [2.75, 3.05) is 31.0 Å². The average Bonchev–Trinajstić information content (AvgIpc) is 2.92. The molecule has 1 aromatic carbocycles. The van der Waals surface area contributed by atoms with Gasteiger partial charge >= 0.3 is 0 Å². The van der Waals surface area contributed by atoms with Crippen LogP contribution in [0.1, 0.15) is 25.7 Å². The molecule has 1 aromatic rings. The van der Waals surface area contributed by atoms with Crippen LogP contribution in [0.4, 0.5) is 5.69 Å². The predicted octanol–water partition coefficient (Wildman–Crippen LogP) is 3.79. The van der Waals surface area contributed by atoms with Gasteiger partial charge in [-0.2, -0.15) is 11.8 Å². The van der Waals surface area contributed by atoms with Gasteiger partial charge in [-0.1, -0.05) is 0 Å². The number of thioether (sulfide) groups is 1. The number of anilines is 1. The van der Waals surface area contributed by atoms with E-state index < -0.39 is 0 Å². The second kappa shape index (κ2) is 7.53. The monoisotopic (exact) mass is 281 g/mol. The summed E-state index contributed by atoms with van der Waals surface area (Å²) in [4.78, 5) is 0. The zero-order valence-corrected chi connectivity index (χ0v) is 12.6. The van der Waals surface area contributed by atoms with E-state index in [0.717, 1.165) is 42.3 Å². The van der Waals surface area contributed by atoms with E-state index in [0.29, 0.717) is 6.10 Å². The minimum atomic E-state index is 0.357. The minimum absolute atomic E-state index is 0.357. The van der Waals surface area contributed by atoms with E-state index >= 15 is 0 Å². The van der Waals surface area contributed by atoms with Gasteiger partial charge in [-0.25, -0.2) is 0 Å². The molecule has 0 bridgehead atoms. The zero-order chi connectivity index (χ0) is 13.5. The van der Waals surface area contributed by atoms with Gasteiger partial charge in [0.2, 0.25) is 0 Å². The standard InChI is InChI=1S/C15H23NO2S/c1-17-14-8-7-12(16-9-10-19-2)11-15(14)18-13-5-3-4-6-13/h7-8,11,13,16H,3-6,9-10H2,1-2H3. The van der Waals surface area contributed by atoms with Crippen LogP contribution in [0, 0.1) is 0 Å². The van der Waals surface area contributed by atoms with Crippen molar-refractivity contribution in [2.24, 2.45) is 0 Å². The van der Waals surface area contributed by atoms with E-state index in [-0.39, 0.29) is 0 Å². The number of rotatable bonds is 7. The first-order chi connectivity index (χ1) is 9.33. The summed E-state index contributed by atoms with van der Waals surface area (Å²) in [6.07, 6.45) is 7.35. The maximum atomic E-state index is 6.07. The second-order valence-electron chi connectivity index (χ2n) is 4.81. The number of hydrogen-bond acceptors (Lipinski definition) is 4. The molecule has 1 fully saturated rings. The summed E-state index contributed by atoms with van der Waals surface area (Å²) in [5, 5.41) is 3.41. The number of methoxy groups -OCH3 is 1. The smallest absolute Gasteiger partial charge is 0.163 e. The van der Waals surface area contributed by atoms with Crippen LogP contribution in [0.15, 0.2) is 18.2 Å². The van der Waals surface area contributed by atoms with Gasteiger partial charge in [0.25, 0.3) is 0 Å². The normalized spacial score (nSPS) is 15.5. The van der Waals surface area contributed by atoms with Gasteiger partial charge in [0.1, 0.15) is 0 Å². The summed E-state index contributed by atoms with van der Waals surface area (Å²) >= 11 is 1.84. The van der Waals surface area contributed by atoms with E-state index in [9.17, 15) is 0 Å². The molecule has 3 nitrogen and oxygen atoms in total. The van der Waals surface area contributed by atoms with E-state index in [1.165, 1.54) is 12.8 Å². The molecule has 106 valence electrons. The number of benzene rings is 1. The molecule has 1 aliphatic carbocycles. The van der Waals surface area contributed by atoms with Crippen molar-refractivity contribution in [3.05, 3.63) is 18.2 Å². The Morgan fingerprint density at radius 3 is 2.74 bits per heavy atom. The fourth-order valence-corrected chi connectivity index (χ4v) is 2.67. The Balaban J connectivity index is 2.02. The minimum Gasteiger partial charge on any atom is -0.493 e. The molecule has 4 heteroatoms. The van der Waals surface area contributed by atoms with Crippen LogP contribution in [-0.4, -0.2) is 31.8 Å². The Labute approximate surface area is 120 Å². The third-order valence-corrected chi connectivity index (χ3v) is 4.01. The highest BCUT2D eigenvalue weighted by Crippen LogP contribution is 2.33. The molecule has 0 atom stereocenters. The molecule has 0 radical (unpaired) electrons. The van der Waals surface area contributed by atoms with Crippen molar-refractivity contribution in [1.29, 1.82) is 0 Å². The van der Waals surface area contributed by atoms with Crippen LogP contribution in [0.5, 0.6) is 11.5 Å². The van der Waals surface area contributed by atoms with Crippen molar-refractivity contribution in [1.82, 2.24) is 0 Å². The fourth-order valence-electron chi connectivity index (χ4n) is 2.36. The molecular formula is C15H23NO2S. The van der Waals surface area contributed by atoms with E-state index in [4.69, 9.17) is 9.47 Å². The van der Waals surface area contributed by atoms with Gasteiger partial charge in [0, 0.05) is 24.1 Å². The van der Waals surface area contributed by atoms with Crippen LogP contribution in [0.25, 0.3) is 0 Å². The first kappa shape index (κ1) is 14.4. The first-order valence-electron chi connectivity index (χ1n) is 6.91. The lowest BCUT2D eigenvalue weighted by Gasteiger charge is -2.17. The topological polar surface area (TPSA) is 30.5 Å². The Kier molecular flexibility index (Phi) is 5.70. The molecule has 1 saturated carbocycles. The highest BCUT2D eigenvalue weighted by molar-refractivity contribution is 7.98. The molecule has 0 heterocycles. The molecular weight excluding hydrogens is 258 g/mol. The zero-order valence-electron chi connectivity index (χ0n) is 11.8. The van der Waals surface area contributed by atoms with Crippen molar-refractivity contribution in [3.63, 3.8) is 0 Å². The summed E-state index contributed by atoms with van der Waals surface area (Å²) in [5.41, 5.74) is 1.10. The average molecular weight is 281 g/mol. The summed E-state index contributed by atoms with van der Waals surface area (Å²) in [6, 6.07) is 6.07. The number of hydrogen-bond donors (Lipinski definition) is 1. The Morgan fingerprint density at radius 1 is 1.26 bits per heavy atom. The number of nitrogens with one attached hydrogen (secondary N) is 1. The Hall–Kier alpha value is -1.03. The molecule has 19 heavy (non-hydrogen) atoms. The lowest BCUT2D eigenvalue weighted by atomic mass is 10.2. The van der Waals surface area contributed by atoms with Crippen molar-refractivity contribution in [2.45, 2.75) is 31.8 Å². The molecule has 1 N–H and O–H groups in total. The molecule has 0 spiro atoms. The van der Waals surface area contributed by atoms with Gasteiger partial charge < -0.3 is 14.8 Å². The van der Waals surface area contributed by atoms with Crippen LogP contribution in [-0.2, 0) is 0 Å². The lowest BCUT2D eigenvalue weighted by molar-refractivity contribution is 0.201. The molecule has 0 saturated heterocycles. The van der Waals surface area contributed by atoms with Crippen LogP contribution >= 0.6 is 11.8 Å².